The molecule has 0 fully saturated rings. The third kappa shape index (κ3) is 5.69. The van der Waals surface area contributed by atoms with Crippen molar-refractivity contribution in [1.82, 2.24) is 0 Å². The van der Waals surface area contributed by atoms with Gasteiger partial charge in [-0.25, -0.2) is 8.42 Å². The minimum Gasteiger partial charge on any atom is -0.229 e. The van der Waals surface area contributed by atoms with E-state index < -0.39 is 9.84 Å². The van der Waals surface area contributed by atoms with Gasteiger partial charge in [-0.05, 0) is 6.92 Å². The fraction of sp³-hybridized carbons (Fsp3) is 0.600. The van der Waals surface area contributed by atoms with Crippen LogP contribution in [0.2, 0.25) is 0 Å². The smallest absolute Gasteiger partial charge is 0.150 e. The van der Waals surface area contributed by atoms with Gasteiger partial charge in [0.1, 0.15) is 0 Å². The molecule has 0 aromatic carbocycles. The summed E-state index contributed by atoms with van der Waals surface area (Å²) in [5.41, 5.74) is 0. The largest absolute Gasteiger partial charge is 0.229 e. The summed E-state index contributed by atoms with van der Waals surface area (Å²) < 4.78 is 20.7. The molecular weight excluding hydrogens is 124 g/mol. The zero-order valence-electron chi connectivity index (χ0n) is 5.09. The zero-order chi connectivity index (χ0) is 6.62. The topological polar surface area (TPSA) is 34.1 Å². The van der Waals surface area contributed by atoms with E-state index in [0.717, 1.165) is 0 Å². The Hall–Kier alpha value is -0.310. The van der Waals surface area contributed by atoms with Crippen molar-refractivity contribution in [2.75, 3.05) is 12.0 Å². The predicted octanol–water partition coefficient (Wildman–Crippen LogP) is 0.607. The monoisotopic (exact) mass is 134 g/mol. The van der Waals surface area contributed by atoms with Crippen molar-refractivity contribution in [2.24, 2.45) is 0 Å². The summed E-state index contributed by atoms with van der Waals surface area (Å²) in [6.45, 7) is 1.80. The van der Waals surface area contributed by atoms with Gasteiger partial charge in [0.25, 0.3) is 0 Å². The fourth-order valence-electron chi connectivity index (χ4n) is 0.271. The maximum atomic E-state index is 10.3. The van der Waals surface area contributed by atoms with Gasteiger partial charge in [0.05, 0.1) is 5.75 Å². The van der Waals surface area contributed by atoms with E-state index in [1.165, 1.54) is 6.26 Å². The molecule has 0 heterocycles. The molecule has 48 valence electrons. The van der Waals surface area contributed by atoms with Crippen LogP contribution in [0.25, 0.3) is 0 Å². The van der Waals surface area contributed by atoms with E-state index in [0.29, 0.717) is 0 Å². The average molecular weight is 134 g/mol. The second-order valence-corrected chi connectivity index (χ2v) is 3.85. The van der Waals surface area contributed by atoms with Crippen LogP contribution in [0.4, 0.5) is 0 Å². The van der Waals surface area contributed by atoms with E-state index in [9.17, 15) is 8.42 Å². The van der Waals surface area contributed by atoms with Crippen LogP contribution in [0.5, 0.6) is 0 Å². The van der Waals surface area contributed by atoms with E-state index in [-0.39, 0.29) is 5.75 Å². The van der Waals surface area contributed by atoms with Gasteiger partial charge >= 0.3 is 0 Å². The molecule has 0 amide bonds. The first-order valence-corrected chi connectivity index (χ1v) is 4.41. The first-order valence-electron chi connectivity index (χ1n) is 2.35. The molecule has 0 aliphatic rings. The molecule has 2 nitrogen and oxygen atoms in total. The minimum atomic E-state index is -2.77. The van der Waals surface area contributed by atoms with Gasteiger partial charge in [0.15, 0.2) is 9.84 Å². The van der Waals surface area contributed by atoms with Gasteiger partial charge in [-0.1, -0.05) is 12.2 Å². The zero-order valence-corrected chi connectivity index (χ0v) is 5.90. The van der Waals surface area contributed by atoms with Crippen LogP contribution in [-0.4, -0.2) is 20.4 Å². The van der Waals surface area contributed by atoms with Crippen LogP contribution in [0, 0.1) is 0 Å². The molecule has 0 N–H and O–H groups in total. The van der Waals surface area contributed by atoms with Crippen LogP contribution in [-0.2, 0) is 9.84 Å². The molecule has 0 bridgehead atoms. The molecule has 0 aromatic rings. The van der Waals surface area contributed by atoms with Crippen LogP contribution < -0.4 is 0 Å². The predicted molar refractivity (Wildman–Crippen MR) is 34.5 cm³/mol. The second kappa shape index (κ2) is 2.87. The number of sulfone groups is 1. The molecule has 0 aliphatic carbocycles. The standard InChI is InChI=1S/C5H10O2S/c1-3-4-5-8(2,6)7/h3-4H,5H2,1-2H3. The van der Waals surface area contributed by atoms with Crippen molar-refractivity contribution in [2.45, 2.75) is 6.92 Å². The highest BCUT2D eigenvalue weighted by Crippen LogP contribution is 1.82. The number of hydrogen-bond acceptors (Lipinski definition) is 2. The highest BCUT2D eigenvalue weighted by molar-refractivity contribution is 7.90. The number of hydrogen-bond donors (Lipinski definition) is 0. The lowest BCUT2D eigenvalue weighted by atomic mass is 10.6. The Morgan fingerprint density at radius 2 is 2.00 bits per heavy atom. The summed E-state index contributed by atoms with van der Waals surface area (Å²) in [5.74, 6) is 0.156. The Balaban J connectivity index is 3.76. The third-order valence-electron chi connectivity index (χ3n) is 0.635. The van der Waals surface area contributed by atoms with Crippen LogP contribution in [0.15, 0.2) is 12.2 Å². The number of allylic oxidation sites excluding steroid dienone is 1. The molecule has 0 saturated carbocycles. The van der Waals surface area contributed by atoms with E-state index in [1.807, 2.05) is 0 Å². The van der Waals surface area contributed by atoms with Crippen molar-refractivity contribution in [3.63, 3.8) is 0 Å². The molecule has 0 saturated heterocycles. The maximum absolute atomic E-state index is 10.3. The van der Waals surface area contributed by atoms with Gasteiger partial charge in [0.2, 0.25) is 0 Å². The van der Waals surface area contributed by atoms with Crippen LogP contribution in [0.3, 0.4) is 0 Å². The lowest BCUT2D eigenvalue weighted by Crippen LogP contribution is -1.98. The molecular formula is C5H10O2S. The Bertz CT molecular complexity index is 165. The van der Waals surface area contributed by atoms with Crippen molar-refractivity contribution < 1.29 is 8.42 Å². The van der Waals surface area contributed by atoms with E-state index >= 15 is 0 Å². The van der Waals surface area contributed by atoms with Gasteiger partial charge in [-0.3, -0.25) is 0 Å². The summed E-state index contributed by atoms with van der Waals surface area (Å²) >= 11 is 0. The molecule has 0 radical (unpaired) electrons. The van der Waals surface area contributed by atoms with E-state index in [4.69, 9.17) is 0 Å². The molecule has 0 rings (SSSR count). The fourth-order valence-corrected chi connectivity index (χ4v) is 0.813. The first-order chi connectivity index (χ1) is 3.56. The molecule has 8 heavy (non-hydrogen) atoms. The minimum absolute atomic E-state index is 0.156. The van der Waals surface area contributed by atoms with Crippen molar-refractivity contribution in [3.05, 3.63) is 12.2 Å². The number of rotatable bonds is 2. The van der Waals surface area contributed by atoms with E-state index in [1.54, 1.807) is 19.1 Å². The van der Waals surface area contributed by atoms with Gasteiger partial charge in [0, 0.05) is 6.26 Å². The van der Waals surface area contributed by atoms with E-state index in [2.05, 4.69) is 0 Å². The van der Waals surface area contributed by atoms with Gasteiger partial charge in [-0.15, -0.1) is 0 Å². The van der Waals surface area contributed by atoms with Gasteiger partial charge < -0.3 is 0 Å². The highest BCUT2D eigenvalue weighted by Gasteiger charge is 1.93. The first kappa shape index (κ1) is 7.69. The Kier molecular flexibility index (Phi) is 2.76. The Morgan fingerprint density at radius 1 is 1.50 bits per heavy atom. The summed E-state index contributed by atoms with van der Waals surface area (Å²) in [6.07, 6.45) is 4.56. The molecule has 0 atom stereocenters. The van der Waals surface area contributed by atoms with Crippen LogP contribution >= 0.6 is 0 Å². The molecule has 0 aliphatic heterocycles. The quantitative estimate of drug-likeness (QED) is 0.518. The summed E-state index contributed by atoms with van der Waals surface area (Å²) in [5, 5.41) is 0. The Labute approximate surface area is 50.1 Å². The molecule has 0 unspecified atom stereocenters. The average Bonchev–Trinajstić information content (AvgIpc) is 1.59. The van der Waals surface area contributed by atoms with Crippen molar-refractivity contribution in [3.8, 4) is 0 Å². The SMILES string of the molecule is CC=CCS(C)(=O)=O. The lowest BCUT2D eigenvalue weighted by molar-refractivity contribution is 0.604. The van der Waals surface area contributed by atoms with Gasteiger partial charge in [-0.2, -0.15) is 0 Å². The molecule has 0 spiro atoms. The van der Waals surface area contributed by atoms with Crippen molar-refractivity contribution >= 4 is 9.84 Å². The van der Waals surface area contributed by atoms with Crippen molar-refractivity contribution in [1.29, 1.82) is 0 Å². The summed E-state index contributed by atoms with van der Waals surface area (Å²) in [7, 11) is -2.77. The highest BCUT2D eigenvalue weighted by atomic mass is 32.2. The second-order valence-electron chi connectivity index (χ2n) is 1.66. The third-order valence-corrected chi connectivity index (χ3v) is 1.43. The normalized spacial score (nSPS) is 12.8. The summed E-state index contributed by atoms with van der Waals surface area (Å²) in [4.78, 5) is 0. The Morgan fingerprint density at radius 3 is 2.12 bits per heavy atom. The van der Waals surface area contributed by atoms with Crippen LogP contribution in [0.1, 0.15) is 6.92 Å². The molecule has 3 heteroatoms. The lowest BCUT2D eigenvalue weighted by Gasteiger charge is -1.85. The summed E-state index contributed by atoms with van der Waals surface area (Å²) in [6, 6.07) is 0. The molecule has 0 aromatic heterocycles. The maximum Gasteiger partial charge on any atom is 0.150 e.